The highest BCUT2D eigenvalue weighted by Crippen LogP contribution is 2.32. The van der Waals surface area contributed by atoms with E-state index in [2.05, 4.69) is 33.4 Å². The van der Waals surface area contributed by atoms with Crippen LogP contribution in [-0.2, 0) is 17.1 Å². The summed E-state index contributed by atoms with van der Waals surface area (Å²) < 4.78 is 55.1. The maximum Gasteiger partial charge on any atom is 0.324 e. The molecule has 3 rings (SSSR count). The van der Waals surface area contributed by atoms with Crippen LogP contribution in [0.2, 0.25) is 0 Å². The van der Waals surface area contributed by atoms with E-state index in [0.29, 0.717) is 36.4 Å². The van der Waals surface area contributed by atoms with E-state index in [9.17, 15) is 13.2 Å². The molecule has 2 aromatic heterocycles. The number of benzene rings is 1. The lowest BCUT2D eigenvalue weighted by atomic mass is 10.2. The Hall–Kier alpha value is -3.51. The molecule has 1 aromatic carbocycles. The number of rotatable bonds is 13. The third-order valence-electron chi connectivity index (χ3n) is 5.79. The molecule has 206 valence electrons. The molecule has 0 spiro atoms. The van der Waals surface area contributed by atoms with Crippen molar-refractivity contribution in [2.75, 3.05) is 36.7 Å². The number of nitrogens with one attached hydrogen (secondary N) is 1. The van der Waals surface area contributed by atoms with E-state index in [-0.39, 0.29) is 34.6 Å². The second kappa shape index (κ2) is 12.8. The van der Waals surface area contributed by atoms with Crippen molar-refractivity contribution in [2.45, 2.75) is 34.1 Å². The minimum atomic E-state index is -3.67. The summed E-state index contributed by atoms with van der Waals surface area (Å²) in [5, 5.41) is 0. The molecule has 0 saturated carbocycles. The number of hydrogen-bond acceptors (Lipinski definition) is 8. The summed E-state index contributed by atoms with van der Waals surface area (Å²) in [6, 6.07) is 6.96. The zero-order chi connectivity index (χ0) is 27.9. The molecule has 0 amide bonds. The van der Waals surface area contributed by atoms with Crippen LogP contribution in [0.3, 0.4) is 0 Å². The fourth-order valence-corrected chi connectivity index (χ4v) is 4.79. The third kappa shape index (κ3) is 7.75. The van der Waals surface area contributed by atoms with Gasteiger partial charge < -0.3 is 18.9 Å². The fourth-order valence-electron chi connectivity index (χ4n) is 3.73. The zero-order valence-electron chi connectivity index (χ0n) is 22.3. The van der Waals surface area contributed by atoms with Gasteiger partial charge in [0.1, 0.15) is 18.2 Å². The average Bonchev–Trinajstić information content (AvgIpc) is 2.85. The van der Waals surface area contributed by atoms with Gasteiger partial charge in [0, 0.05) is 43.6 Å². The first-order valence-corrected chi connectivity index (χ1v) is 14.1. The number of sulfonamides is 1. The van der Waals surface area contributed by atoms with Gasteiger partial charge in [0.25, 0.3) is 0 Å². The number of anilines is 1. The Morgan fingerprint density at radius 3 is 2.47 bits per heavy atom. The van der Waals surface area contributed by atoms with Crippen LogP contribution in [-0.4, -0.2) is 59.8 Å². The van der Waals surface area contributed by atoms with Gasteiger partial charge in [-0.15, -0.1) is 0 Å². The highest BCUT2D eigenvalue weighted by Gasteiger charge is 2.18. The second-order valence-electron chi connectivity index (χ2n) is 8.74. The first-order valence-electron chi connectivity index (χ1n) is 12.4. The van der Waals surface area contributed by atoms with Gasteiger partial charge >= 0.3 is 6.01 Å². The maximum absolute atomic E-state index is 15.1. The smallest absolute Gasteiger partial charge is 0.324 e. The highest BCUT2D eigenvalue weighted by molar-refractivity contribution is 7.92. The summed E-state index contributed by atoms with van der Waals surface area (Å²) in [5.41, 5.74) is 1.03. The van der Waals surface area contributed by atoms with Crippen LogP contribution in [0.1, 0.15) is 32.8 Å². The fraction of sp³-hybridized carbons (Fsp3) is 0.423. The van der Waals surface area contributed by atoms with Gasteiger partial charge in [-0.25, -0.2) is 12.8 Å². The summed E-state index contributed by atoms with van der Waals surface area (Å²) >= 11 is 0. The van der Waals surface area contributed by atoms with Crippen LogP contribution in [0.4, 0.5) is 10.2 Å². The number of nitrogens with zero attached hydrogens (tertiary/aromatic N) is 4. The van der Waals surface area contributed by atoms with E-state index in [1.54, 1.807) is 39.2 Å². The Bertz CT molecular complexity index is 1400. The zero-order valence-corrected chi connectivity index (χ0v) is 23.1. The molecule has 0 bridgehead atoms. The summed E-state index contributed by atoms with van der Waals surface area (Å²) in [6.45, 7) is 10.5. The maximum atomic E-state index is 15.1. The summed E-state index contributed by atoms with van der Waals surface area (Å²) in [6.07, 6.45) is 1.96. The van der Waals surface area contributed by atoms with E-state index >= 15 is 4.39 Å². The third-order valence-corrected chi connectivity index (χ3v) is 7.25. The van der Waals surface area contributed by atoms with Crippen molar-refractivity contribution in [3.63, 3.8) is 0 Å². The van der Waals surface area contributed by atoms with E-state index < -0.39 is 15.8 Å². The number of hydrogen-bond donors (Lipinski definition) is 1. The lowest BCUT2D eigenvalue weighted by molar-refractivity contribution is 0.222. The van der Waals surface area contributed by atoms with Crippen molar-refractivity contribution in [1.82, 2.24) is 19.4 Å². The molecular weight excluding hydrogens is 513 g/mol. The highest BCUT2D eigenvalue weighted by atomic mass is 32.2. The standard InChI is InChI=1S/C26H34FN5O5S/c1-6-13-38(34,35)30-23-16-22(19-9-10-24(33)31(5)17-19)28-26(29-23)37-25-18(4)14-20(15-21(25)27)36-12-11-32(7-2)8-3/h9-10,14-17H,6-8,11-13H2,1-5H3,(H,28,29,30). The Balaban J connectivity index is 1.93. The summed E-state index contributed by atoms with van der Waals surface area (Å²) in [4.78, 5) is 22.5. The predicted molar refractivity (Wildman–Crippen MR) is 145 cm³/mol. The molecule has 2 heterocycles. The van der Waals surface area contributed by atoms with Crippen molar-refractivity contribution in [2.24, 2.45) is 7.05 Å². The normalized spacial score (nSPS) is 11.6. The Morgan fingerprint density at radius 2 is 1.84 bits per heavy atom. The Kier molecular flexibility index (Phi) is 9.81. The number of pyridine rings is 1. The Labute approximate surface area is 222 Å². The van der Waals surface area contributed by atoms with Crippen molar-refractivity contribution in [1.29, 1.82) is 0 Å². The number of halogens is 1. The van der Waals surface area contributed by atoms with Gasteiger partial charge in [-0.2, -0.15) is 9.97 Å². The van der Waals surface area contributed by atoms with Crippen molar-refractivity contribution < 1.29 is 22.3 Å². The van der Waals surface area contributed by atoms with Gasteiger partial charge in [-0.05, 0) is 44.1 Å². The first kappa shape index (κ1) is 29.1. The van der Waals surface area contributed by atoms with Crippen LogP contribution in [0.15, 0.2) is 41.3 Å². The largest absolute Gasteiger partial charge is 0.492 e. The van der Waals surface area contributed by atoms with Gasteiger partial charge in [-0.3, -0.25) is 9.52 Å². The van der Waals surface area contributed by atoms with E-state index in [0.717, 1.165) is 13.1 Å². The molecule has 0 aliphatic carbocycles. The number of aryl methyl sites for hydroxylation is 2. The van der Waals surface area contributed by atoms with E-state index in [1.165, 1.54) is 22.8 Å². The SMILES string of the molecule is CCCS(=O)(=O)Nc1cc(-c2ccc(=O)n(C)c2)nc(Oc2c(C)cc(OCCN(CC)CC)cc2F)n1. The molecule has 1 N–H and O–H groups in total. The average molecular weight is 548 g/mol. The lowest BCUT2D eigenvalue weighted by Gasteiger charge is -2.18. The number of likely N-dealkylation sites (N-methyl/N-ethyl adjacent to an activating group) is 1. The van der Waals surface area contributed by atoms with Gasteiger partial charge in [-0.1, -0.05) is 20.8 Å². The predicted octanol–water partition coefficient (Wildman–Crippen LogP) is 3.95. The molecule has 12 heteroatoms. The van der Waals surface area contributed by atoms with E-state index in [1.807, 2.05) is 0 Å². The van der Waals surface area contributed by atoms with Crippen LogP contribution in [0, 0.1) is 12.7 Å². The molecule has 38 heavy (non-hydrogen) atoms. The molecular formula is C26H34FN5O5S. The van der Waals surface area contributed by atoms with Crippen molar-refractivity contribution >= 4 is 15.8 Å². The molecule has 0 fully saturated rings. The Morgan fingerprint density at radius 1 is 1.11 bits per heavy atom. The van der Waals surface area contributed by atoms with Crippen LogP contribution >= 0.6 is 0 Å². The molecule has 0 aliphatic rings. The van der Waals surface area contributed by atoms with Crippen molar-refractivity contribution in [3.05, 3.63) is 58.3 Å². The molecule has 0 aliphatic heterocycles. The quantitative estimate of drug-likeness (QED) is 0.342. The van der Waals surface area contributed by atoms with Gasteiger partial charge in [0.2, 0.25) is 15.6 Å². The van der Waals surface area contributed by atoms with Crippen molar-refractivity contribution in [3.8, 4) is 28.8 Å². The molecule has 0 unspecified atom stereocenters. The van der Waals surface area contributed by atoms with E-state index in [4.69, 9.17) is 9.47 Å². The monoisotopic (exact) mass is 547 g/mol. The number of aromatic nitrogens is 3. The molecule has 0 saturated heterocycles. The molecule has 0 radical (unpaired) electrons. The van der Waals surface area contributed by atoms with Gasteiger partial charge in [0.05, 0.1) is 11.4 Å². The molecule has 10 nitrogen and oxygen atoms in total. The van der Waals surface area contributed by atoms with Crippen LogP contribution < -0.4 is 19.8 Å². The second-order valence-corrected chi connectivity index (χ2v) is 10.6. The van der Waals surface area contributed by atoms with Crippen LogP contribution in [0.5, 0.6) is 17.5 Å². The lowest BCUT2D eigenvalue weighted by Crippen LogP contribution is -2.27. The molecule has 3 aromatic rings. The first-order chi connectivity index (χ1) is 18.0. The summed E-state index contributed by atoms with van der Waals surface area (Å²) in [7, 11) is -2.09. The topological polar surface area (TPSA) is 116 Å². The number of ether oxygens (including phenoxy) is 2. The minimum Gasteiger partial charge on any atom is -0.492 e. The minimum absolute atomic E-state index is 0.0401. The van der Waals surface area contributed by atoms with Crippen LogP contribution in [0.25, 0.3) is 11.3 Å². The van der Waals surface area contributed by atoms with Gasteiger partial charge in [0.15, 0.2) is 11.6 Å². The summed E-state index contributed by atoms with van der Waals surface area (Å²) in [5.74, 6) is -0.562. The molecule has 0 atom stereocenters.